The maximum absolute atomic E-state index is 11.2. The standard InChI is InChI=1S/C18H23ClN2O3/c1-18(19)13-7-15-12(11-4-3-5-14(21-18)16(11)13)6-10(8-20-15)9-24-17(22)23-2/h3-5,10,12-13,15,20-21H,6-9H2,1-2H3/t10?,12-,13?,15-,18?/m1/s1. The molecule has 0 saturated carbocycles. The van der Waals surface area contributed by atoms with Gasteiger partial charge in [-0.3, -0.25) is 0 Å². The summed E-state index contributed by atoms with van der Waals surface area (Å²) >= 11 is 6.76. The number of anilines is 1. The predicted octanol–water partition coefficient (Wildman–Crippen LogP) is 3.40. The minimum Gasteiger partial charge on any atom is -0.438 e. The van der Waals surface area contributed by atoms with Crippen molar-refractivity contribution in [2.75, 3.05) is 25.6 Å². The van der Waals surface area contributed by atoms with Gasteiger partial charge in [0, 0.05) is 36.0 Å². The summed E-state index contributed by atoms with van der Waals surface area (Å²) in [7, 11) is 1.34. The molecule has 0 radical (unpaired) electrons. The van der Waals surface area contributed by atoms with E-state index in [-0.39, 0.29) is 0 Å². The number of halogens is 1. The number of methoxy groups -OCH3 is 1. The molecule has 3 unspecified atom stereocenters. The Labute approximate surface area is 147 Å². The highest BCUT2D eigenvalue weighted by atomic mass is 35.5. The van der Waals surface area contributed by atoms with Crippen molar-refractivity contribution in [3.63, 3.8) is 0 Å². The first kappa shape index (κ1) is 16.0. The molecule has 6 heteroatoms. The molecule has 130 valence electrons. The monoisotopic (exact) mass is 350 g/mol. The summed E-state index contributed by atoms with van der Waals surface area (Å²) in [6, 6.07) is 6.87. The number of carbonyl (C=O) groups excluding carboxylic acids is 1. The van der Waals surface area contributed by atoms with Crippen molar-refractivity contribution >= 4 is 23.4 Å². The molecule has 2 heterocycles. The summed E-state index contributed by atoms with van der Waals surface area (Å²) < 4.78 is 9.71. The second-order valence-electron chi connectivity index (χ2n) is 7.29. The number of hydrogen-bond acceptors (Lipinski definition) is 5. The van der Waals surface area contributed by atoms with Crippen molar-refractivity contribution in [1.82, 2.24) is 5.32 Å². The molecule has 0 bridgehead atoms. The van der Waals surface area contributed by atoms with Gasteiger partial charge < -0.3 is 20.1 Å². The van der Waals surface area contributed by atoms with Gasteiger partial charge in [-0.15, -0.1) is 0 Å². The van der Waals surface area contributed by atoms with Crippen LogP contribution in [0.25, 0.3) is 0 Å². The fraction of sp³-hybridized carbons (Fsp3) is 0.611. The first-order valence-electron chi connectivity index (χ1n) is 8.53. The Hall–Kier alpha value is -1.46. The number of rotatable bonds is 2. The third-order valence-corrected chi connectivity index (χ3v) is 6.11. The first-order valence-corrected chi connectivity index (χ1v) is 8.91. The van der Waals surface area contributed by atoms with Crippen molar-refractivity contribution < 1.29 is 14.3 Å². The molecular weight excluding hydrogens is 328 g/mol. The normalized spacial score (nSPS) is 36.3. The van der Waals surface area contributed by atoms with E-state index in [0.717, 1.165) is 19.4 Å². The van der Waals surface area contributed by atoms with Gasteiger partial charge in [-0.05, 0) is 37.0 Å². The minimum absolute atomic E-state index is 0.300. The lowest BCUT2D eigenvalue weighted by molar-refractivity contribution is 0.0515. The largest absolute Gasteiger partial charge is 0.507 e. The summed E-state index contributed by atoms with van der Waals surface area (Å²) in [6.45, 7) is 3.32. The van der Waals surface area contributed by atoms with Gasteiger partial charge in [0.05, 0.1) is 13.7 Å². The smallest absolute Gasteiger partial charge is 0.438 e. The molecule has 1 saturated heterocycles. The van der Waals surface area contributed by atoms with E-state index in [1.54, 1.807) is 0 Å². The molecular formula is C18H23ClN2O3. The van der Waals surface area contributed by atoms with Crippen molar-refractivity contribution in [3.8, 4) is 0 Å². The van der Waals surface area contributed by atoms with Gasteiger partial charge in [0.2, 0.25) is 0 Å². The summed E-state index contributed by atoms with van der Waals surface area (Å²) in [5, 5.41) is 7.14. The van der Waals surface area contributed by atoms with Gasteiger partial charge in [0.1, 0.15) is 5.00 Å². The fourth-order valence-corrected chi connectivity index (χ4v) is 4.95. The summed E-state index contributed by atoms with van der Waals surface area (Å²) in [5.41, 5.74) is 3.94. The number of fused-ring (bicyclic) bond motifs is 2. The number of benzene rings is 1. The SMILES string of the molecule is COC(=O)OCC1CN[C@@H]2CC3c4c(cccc4[C@H]2C1)NC3(C)Cl. The van der Waals surface area contributed by atoms with Crippen LogP contribution >= 0.6 is 11.6 Å². The second kappa shape index (κ2) is 5.81. The Bertz CT molecular complexity index is 664. The van der Waals surface area contributed by atoms with Crippen LogP contribution in [0, 0.1) is 5.92 Å². The van der Waals surface area contributed by atoms with Gasteiger partial charge in [-0.1, -0.05) is 23.7 Å². The van der Waals surface area contributed by atoms with E-state index >= 15 is 0 Å². The number of alkyl halides is 1. The maximum atomic E-state index is 11.2. The van der Waals surface area contributed by atoms with Crippen molar-refractivity contribution in [1.29, 1.82) is 0 Å². The van der Waals surface area contributed by atoms with Crippen LogP contribution in [0.4, 0.5) is 10.5 Å². The van der Waals surface area contributed by atoms with E-state index in [4.69, 9.17) is 16.3 Å². The molecule has 24 heavy (non-hydrogen) atoms. The van der Waals surface area contributed by atoms with Crippen molar-refractivity contribution in [2.45, 2.75) is 42.6 Å². The fourth-order valence-electron chi connectivity index (χ4n) is 4.65. The number of hydrogen-bond donors (Lipinski definition) is 2. The summed E-state index contributed by atoms with van der Waals surface area (Å²) in [6.07, 6.45) is 1.44. The predicted molar refractivity (Wildman–Crippen MR) is 92.7 cm³/mol. The Kier molecular flexibility index (Phi) is 3.88. The molecule has 3 aliphatic rings. The lowest BCUT2D eigenvalue weighted by atomic mass is 9.68. The van der Waals surface area contributed by atoms with Crippen LogP contribution in [-0.4, -0.2) is 37.5 Å². The quantitative estimate of drug-likeness (QED) is 0.486. The molecule has 5 atom stereocenters. The molecule has 2 aliphatic heterocycles. The summed E-state index contributed by atoms with van der Waals surface area (Å²) in [4.78, 5) is 10.8. The highest BCUT2D eigenvalue weighted by molar-refractivity contribution is 6.26. The zero-order chi connectivity index (χ0) is 16.9. The van der Waals surface area contributed by atoms with Crippen LogP contribution in [0.1, 0.15) is 42.7 Å². The molecule has 1 aromatic carbocycles. The van der Waals surface area contributed by atoms with Crippen LogP contribution in [0.2, 0.25) is 0 Å². The number of nitrogens with one attached hydrogen (secondary N) is 2. The highest BCUT2D eigenvalue weighted by Gasteiger charge is 2.49. The van der Waals surface area contributed by atoms with E-state index in [9.17, 15) is 4.79 Å². The van der Waals surface area contributed by atoms with E-state index in [1.165, 1.54) is 23.9 Å². The van der Waals surface area contributed by atoms with E-state index < -0.39 is 11.2 Å². The second-order valence-corrected chi connectivity index (χ2v) is 8.07. The van der Waals surface area contributed by atoms with Gasteiger partial charge in [0.25, 0.3) is 0 Å². The third-order valence-electron chi connectivity index (χ3n) is 5.76. The molecule has 0 amide bonds. The molecule has 4 rings (SSSR count). The molecule has 2 N–H and O–H groups in total. The Morgan fingerprint density at radius 1 is 1.42 bits per heavy atom. The molecule has 1 fully saturated rings. The lowest BCUT2D eigenvalue weighted by Crippen LogP contribution is -2.49. The van der Waals surface area contributed by atoms with Crippen LogP contribution < -0.4 is 10.6 Å². The first-order chi connectivity index (χ1) is 11.5. The zero-order valence-corrected chi connectivity index (χ0v) is 14.7. The van der Waals surface area contributed by atoms with Crippen molar-refractivity contribution in [3.05, 3.63) is 29.3 Å². The number of carbonyl (C=O) groups is 1. The van der Waals surface area contributed by atoms with E-state index in [1.807, 2.05) is 0 Å². The highest BCUT2D eigenvalue weighted by Crippen LogP contribution is 2.55. The topological polar surface area (TPSA) is 59.6 Å². The Balaban J connectivity index is 1.58. The Morgan fingerprint density at radius 2 is 2.25 bits per heavy atom. The minimum atomic E-state index is -0.608. The molecule has 1 aromatic rings. The van der Waals surface area contributed by atoms with Crippen LogP contribution in [-0.2, 0) is 9.47 Å². The van der Waals surface area contributed by atoms with Crippen LogP contribution in [0.3, 0.4) is 0 Å². The van der Waals surface area contributed by atoms with E-state index in [0.29, 0.717) is 30.4 Å². The van der Waals surface area contributed by atoms with E-state index in [2.05, 4.69) is 40.5 Å². The van der Waals surface area contributed by atoms with Gasteiger partial charge in [-0.2, -0.15) is 0 Å². The maximum Gasteiger partial charge on any atom is 0.507 e. The molecule has 0 aromatic heterocycles. The molecule has 0 spiro atoms. The zero-order valence-electron chi connectivity index (χ0n) is 14.0. The van der Waals surface area contributed by atoms with Crippen LogP contribution in [0.5, 0.6) is 0 Å². The average molecular weight is 351 g/mol. The summed E-state index contributed by atoms with van der Waals surface area (Å²) in [5.74, 6) is 1.06. The number of ether oxygens (including phenoxy) is 2. The van der Waals surface area contributed by atoms with Gasteiger partial charge in [0.15, 0.2) is 0 Å². The van der Waals surface area contributed by atoms with Crippen LogP contribution in [0.15, 0.2) is 18.2 Å². The van der Waals surface area contributed by atoms with Crippen molar-refractivity contribution in [2.24, 2.45) is 5.92 Å². The number of piperidine rings is 1. The van der Waals surface area contributed by atoms with Gasteiger partial charge in [-0.25, -0.2) is 4.79 Å². The lowest BCUT2D eigenvalue weighted by Gasteiger charge is -2.44. The Morgan fingerprint density at radius 3 is 3.04 bits per heavy atom. The molecule has 1 aliphatic carbocycles. The third kappa shape index (κ3) is 2.54. The average Bonchev–Trinajstić information content (AvgIpc) is 2.84. The van der Waals surface area contributed by atoms with Gasteiger partial charge >= 0.3 is 6.16 Å². The molecule has 5 nitrogen and oxygen atoms in total.